The molecule has 170 valence electrons. The Morgan fingerprint density at radius 2 is 1.73 bits per heavy atom. The van der Waals surface area contributed by atoms with E-state index in [1.54, 1.807) is 24.3 Å². The first-order valence-corrected chi connectivity index (χ1v) is 11.8. The molecule has 0 aromatic heterocycles. The number of allylic oxidation sites excluding steroid dienone is 1. The van der Waals surface area contributed by atoms with Crippen LogP contribution in [-0.2, 0) is 14.4 Å². The summed E-state index contributed by atoms with van der Waals surface area (Å²) in [5.74, 6) is -2.00. The molecule has 0 aliphatic carbocycles. The van der Waals surface area contributed by atoms with Gasteiger partial charge < -0.3 is 10.2 Å². The fourth-order valence-electron chi connectivity index (χ4n) is 5.45. The number of rotatable bonds is 5. The molecule has 3 amide bonds. The van der Waals surface area contributed by atoms with Crippen LogP contribution in [0.2, 0.25) is 5.02 Å². The number of amides is 3. The number of para-hydroxylation sites is 1. The van der Waals surface area contributed by atoms with E-state index in [0.717, 1.165) is 29.7 Å². The van der Waals surface area contributed by atoms with Crippen molar-refractivity contribution in [2.75, 3.05) is 16.8 Å². The highest BCUT2D eigenvalue weighted by Gasteiger charge is 2.64. The number of unbranched alkanes of at least 4 members (excludes halogenated alkanes) is 1. The van der Waals surface area contributed by atoms with Gasteiger partial charge in [-0.2, -0.15) is 0 Å². The Morgan fingerprint density at radius 3 is 2.45 bits per heavy atom. The zero-order valence-corrected chi connectivity index (χ0v) is 19.4. The monoisotopic (exact) mass is 463 g/mol. The van der Waals surface area contributed by atoms with Gasteiger partial charge in [-0.3, -0.25) is 19.3 Å². The van der Waals surface area contributed by atoms with Gasteiger partial charge in [0, 0.05) is 28.5 Å². The average Bonchev–Trinajstić information content (AvgIpc) is 3.27. The Balaban J connectivity index is 1.57. The molecular weight excluding hydrogens is 438 g/mol. The Hall–Kier alpha value is -3.12. The first-order chi connectivity index (χ1) is 15.9. The largest absolute Gasteiger partial charge is 0.351 e. The van der Waals surface area contributed by atoms with Crippen LogP contribution in [0.4, 0.5) is 11.4 Å². The first kappa shape index (κ1) is 21.7. The van der Waals surface area contributed by atoms with Crippen LogP contribution < -0.4 is 10.2 Å². The van der Waals surface area contributed by atoms with Crippen LogP contribution in [0.5, 0.6) is 0 Å². The van der Waals surface area contributed by atoms with Gasteiger partial charge in [-0.1, -0.05) is 49.2 Å². The second-order valence-electron chi connectivity index (χ2n) is 8.94. The van der Waals surface area contributed by atoms with Crippen LogP contribution in [-0.4, -0.2) is 41.2 Å². The Bertz CT molecular complexity index is 1160. The van der Waals surface area contributed by atoms with Crippen LogP contribution in [0.3, 0.4) is 0 Å². The molecule has 0 bridgehead atoms. The van der Waals surface area contributed by atoms with Crippen LogP contribution in [0.1, 0.15) is 32.3 Å². The van der Waals surface area contributed by atoms with E-state index in [9.17, 15) is 14.4 Å². The molecule has 3 heterocycles. The number of benzene rings is 2. The van der Waals surface area contributed by atoms with Gasteiger partial charge in [0.25, 0.3) is 0 Å². The highest BCUT2D eigenvalue weighted by Crippen LogP contribution is 2.50. The highest BCUT2D eigenvalue weighted by atomic mass is 35.5. The summed E-state index contributed by atoms with van der Waals surface area (Å²) >= 11 is 5.99. The average molecular weight is 464 g/mol. The second kappa shape index (κ2) is 8.34. The molecule has 6 nitrogen and oxygen atoms in total. The lowest BCUT2D eigenvalue weighted by Crippen LogP contribution is -2.50. The summed E-state index contributed by atoms with van der Waals surface area (Å²) in [4.78, 5) is 44.0. The van der Waals surface area contributed by atoms with Gasteiger partial charge >= 0.3 is 0 Å². The Morgan fingerprint density at radius 1 is 1.03 bits per heavy atom. The number of halogens is 1. The minimum Gasteiger partial charge on any atom is -0.351 e. The fourth-order valence-corrected chi connectivity index (χ4v) is 5.57. The van der Waals surface area contributed by atoms with Gasteiger partial charge in [0.2, 0.25) is 17.7 Å². The third-order valence-corrected chi connectivity index (χ3v) is 7.21. The third kappa shape index (κ3) is 3.44. The number of carbonyl (C=O) groups excluding carboxylic acids is 3. The third-order valence-electron chi connectivity index (χ3n) is 6.96. The number of likely N-dealkylation sites (tertiary alicyclic amines) is 1. The Labute approximate surface area is 198 Å². The van der Waals surface area contributed by atoms with Crippen LogP contribution >= 0.6 is 11.6 Å². The molecule has 3 aliphatic rings. The predicted molar refractivity (Wildman–Crippen MR) is 129 cm³/mol. The molecule has 3 aliphatic heterocycles. The summed E-state index contributed by atoms with van der Waals surface area (Å²) in [6.07, 6.45) is 3.68. The molecule has 2 aromatic rings. The molecule has 4 atom stereocenters. The minimum absolute atomic E-state index is 0.168. The van der Waals surface area contributed by atoms with Crippen molar-refractivity contribution in [2.24, 2.45) is 11.8 Å². The van der Waals surface area contributed by atoms with Crippen molar-refractivity contribution in [3.63, 3.8) is 0 Å². The summed E-state index contributed by atoms with van der Waals surface area (Å²) in [6.45, 7) is 4.45. The Kier molecular flexibility index (Phi) is 5.49. The molecule has 5 rings (SSSR count). The summed E-state index contributed by atoms with van der Waals surface area (Å²) in [5.41, 5.74) is 3.55. The number of carbonyl (C=O) groups is 3. The van der Waals surface area contributed by atoms with Gasteiger partial charge in [-0.25, -0.2) is 0 Å². The van der Waals surface area contributed by atoms with Gasteiger partial charge in [0.15, 0.2) is 0 Å². The van der Waals surface area contributed by atoms with E-state index in [1.165, 1.54) is 4.90 Å². The normalized spacial score (nSPS) is 25.5. The van der Waals surface area contributed by atoms with E-state index in [-0.39, 0.29) is 23.8 Å². The summed E-state index contributed by atoms with van der Waals surface area (Å²) in [6, 6.07) is 13.6. The van der Waals surface area contributed by atoms with E-state index in [0.29, 0.717) is 17.3 Å². The molecule has 0 saturated carbocycles. The smallest absolute Gasteiger partial charge is 0.247 e. The highest BCUT2D eigenvalue weighted by molar-refractivity contribution is 6.30. The van der Waals surface area contributed by atoms with Crippen molar-refractivity contribution in [3.05, 3.63) is 65.2 Å². The number of hydrogen-bond donors (Lipinski definition) is 1. The minimum atomic E-state index is -0.788. The van der Waals surface area contributed by atoms with Gasteiger partial charge in [0.1, 0.15) is 6.04 Å². The fraction of sp³-hybridized carbons (Fsp3) is 0.346. The maximum absolute atomic E-state index is 13.7. The number of nitrogens with zero attached hydrogens (tertiary/aromatic N) is 2. The maximum atomic E-state index is 13.7. The summed E-state index contributed by atoms with van der Waals surface area (Å²) in [5, 5.41) is 3.52. The van der Waals surface area contributed by atoms with Crippen molar-refractivity contribution >= 4 is 46.3 Å². The van der Waals surface area contributed by atoms with E-state index in [2.05, 4.69) is 5.32 Å². The SMILES string of the molecule is CCCCN1C(=O)[C@@H]2[C@H](C1=O)[C@@H](C(=O)Nc1ccc(Cl)cc1)N1c3ccccc3C(C)=C[C@H]21. The summed E-state index contributed by atoms with van der Waals surface area (Å²) < 4.78 is 0. The van der Waals surface area contributed by atoms with E-state index in [1.807, 2.05) is 49.1 Å². The quantitative estimate of drug-likeness (QED) is 0.669. The number of nitrogens with one attached hydrogen (secondary N) is 1. The molecule has 0 unspecified atom stereocenters. The van der Waals surface area contributed by atoms with Crippen molar-refractivity contribution < 1.29 is 14.4 Å². The van der Waals surface area contributed by atoms with Crippen LogP contribution in [0.15, 0.2) is 54.6 Å². The molecule has 2 saturated heterocycles. The van der Waals surface area contributed by atoms with Gasteiger partial charge in [-0.15, -0.1) is 0 Å². The molecule has 33 heavy (non-hydrogen) atoms. The van der Waals surface area contributed by atoms with Gasteiger partial charge in [0.05, 0.1) is 17.9 Å². The van der Waals surface area contributed by atoms with Crippen molar-refractivity contribution in [3.8, 4) is 0 Å². The molecular formula is C26H26ClN3O3. The van der Waals surface area contributed by atoms with E-state index < -0.39 is 17.9 Å². The maximum Gasteiger partial charge on any atom is 0.247 e. The molecule has 1 N–H and O–H groups in total. The van der Waals surface area contributed by atoms with E-state index >= 15 is 0 Å². The zero-order valence-electron chi connectivity index (χ0n) is 18.6. The van der Waals surface area contributed by atoms with Crippen LogP contribution in [0.25, 0.3) is 5.57 Å². The van der Waals surface area contributed by atoms with E-state index in [4.69, 9.17) is 11.6 Å². The lowest BCUT2D eigenvalue weighted by atomic mass is 9.87. The number of imide groups is 1. The molecule has 0 radical (unpaired) electrons. The first-order valence-electron chi connectivity index (χ1n) is 11.4. The van der Waals surface area contributed by atoms with Crippen LogP contribution in [0, 0.1) is 11.8 Å². The van der Waals surface area contributed by atoms with Crippen molar-refractivity contribution in [1.29, 1.82) is 0 Å². The molecule has 2 fully saturated rings. The number of hydrogen-bond acceptors (Lipinski definition) is 4. The van der Waals surface area contributed by atoms with Gasteiger partial charge in [-0.05, 0) is 49.2 Å². The lowest BCUT2D eigenvalue weighted by Gasteiger charge is -2.37. The number of fused-ring (bicyclic) bond motifs is 5. The zero-order chi connectivity index (χ0) is 23.3. The molecule has 7 heteroatoms. The molecule has 0 spiro atoms. The predicted octanol–water partition coefficient (Wildman–Crippen LogP) is 4.35. The lowest BCUT2D eigenvalue weighted by molar-refractivity contribution is -0.141. The number of anilines is 2. The van der Waals surface area contributed by atoms with Crippen molar-refractivity contribution in [1.82, 2.24) is 4.90 Å². The van der Waals surface area contributed by atoms with Crippen molar-refractivity contribution in [2.45, 2.75) is 38.8 Å². The summed E-state index contributed by atoms with van der Waals surface area (Å²) in [7, 11) is 0. The second-order valence-corrected chi connectivity index (χ2v) is 9.38. The molecule has 2 aromatic carbocycles. The standard InChI is InChI=1S/C26H26ClN3O3/c1-3-4-13-29-25(32)21-20-14-15(2)18-7-5-6-8-19(18)30(20)23(22(21)26(29)33)24(31)28-17-11-9-16(27)10-12-17/h5-12,14,20-23H,3-4,13H2,1-2H3,(H,28,31)/t20-,21+,22+,23+/m1/s1. The topological polar surface area (TPSA) is 69.7 Å².